The van der Waals surface area contributed by atoms with E-state index in [0.717, 1.165) is 11.0 Å². The number of hydrogen-bond donors (Lipinski definition) is 0. The van der Waals surface area contributed by atoms with E-state index < -0.39 is 0 Å². The number of likely N-dealkylation sites (N-methyl/N-ethyl adjacent to an activating group) is 1. The molecule has 0 saturated heterocycles. The lowest BCUT2D eigenvalue weighted by molar-refractivity contribution is 0.0682. The van der Waals surface area contributed by atoms with Crippen LogP contribution in [0.4, 0.5) is 0 Å². The Hall–Kier alpha value is -0.980. The van der Waals surface area contributed by atoms with Crippen LogP contribution in [0.25, 0.3) is 0 Å². The molecule has 1 rings (SSSR count). The van der Waals surface area contributed by atoms with Crippen molar-refractivity contribution in [2.24, 2.45) is 0 Å². The monoisotopic (exact) mass is 329 g/mol. The summed E-state index contributed by atoms with van der Waals surface area (Å²) in [4.78, 5) is 20.3. The van der Waals surface area contributed by atoms with Gasteiger partial charge >= 0.3 is 0 Å². The van der Waals surface area contributed by atoms with Crippen molar-refractivity contribution in [3.8, 4) is 0 Å². The van der Waals surface area contributed by atoms with Gasteiger partial charge < -0.3 is 14.5 Å². The van der Waals surface area contributed by atoms with Gasteiger partial charge in [-0.3, -0.25) is 9.78 Å². The first-order valence-electron chi connectivity index (χ1n) is 6.08. The molecular weight excluding hydrogens is 310 g/mol. The molecule has 0 bridgehead atoms. The molecule has 1 heterocycles. The van der Waals surface area contributed by atoms with Crippen LogP contribution < -0.4 is 0 Å². The Kier molecular flexibility index (Phi) is 6.97. The molecule has 106 valence electrons. The van der Waals surface area contributed by atoms with Gasteiger partial charge in [-0.1, -0.05) is 0 Å². The molecule has 1 aromatic heterocycles. The Morgan fingerprint density at radius 1 is 1.32 bits per heavy atom. The summed E-state index contributed by atoms with van der Waals surface area (Å²) in [6.45, 7) is 2.59. The Morgan fingerprint density at radius 3 is 2.63 bits per heavy atom. The highest BCUT2D eigenvalue weighted by atomic mass is 79.9. The van der Waals surface area contributed by atoms with E-state index in [1.54, 1.807) is 30.5 Å². The van der Waals surface area contributed by atoms with Gasteiger partial charge in [-0.25, -0.2) is 0 Å². The van der Waals surface area contributed by atoms with Gasteiger partial charge in [0.05, 0.1) is 12.2 Å². The van der Waals surface area contributed by atoms with Crippen molar-refractivity contribution >= 4 is 21.8 Å². The molecule has 0 aromatic carbocycles. The maximum Gasteiger partial charge on any atom is 0.255 e. The first-order chi connectivity index (χ1) is 9.04. The van der Waals surface area contributed by atoms with Crippen LogP contribution in [-0.4, -0.2) is 68.1 Å². The number of halogens is 1. The van der Waals surface area contributed by atoms with Crippen molar-refractivity contribution in [3.05, 3.63) is 28.5 Å². The minimum absolute atomic E-state index is 0.0206. The van der Waals surface area contributed by atoms with Crippen LogP contribution in [0.1, 0.15) is 10.4 Å². The van der Waals surface area contributed by atoms with Gasteiger partial charge in [0.1, 0.15) is 0 Å². The molecule has 0 fully saturated rings. The SMILES string of the molecule is COCCN(CCN(C)C)C(=O)c1cncc(Br)c1. The molecule has 0 atom stereocenters. The Morgan fingerprint density at radius 2 is 2.05 bits per heavy atom. The number of hydrogen-bond acceptors (Lipinski definition) is 4. The number of rotatable bonds is 7. The second kappa shape index (κ2) is 8.24. The zero-order chi connectivity index (χ0) is 14.3. The summed E-state index contributed by atoms with van der Waals surface area (Å²) in [5.74, 6) is -0.0206. The molecule has 0 radical (unpaired) electrons. The van der Waals surface area contributed by atoms with Crippen molar-refractivity contribution in [3.63, 3.8) is 0 Å². The van der Waals surface area contributed by atoms with Gasteiger partial charge in [-0.2, -0.15) is 0 Å². The summed E-state index contributed by atoms with van der Waals surface area (Å²) in [5, 5.41) is 0. The minimum atomic E-state index is -0.0206. The Balaban J connectivity index is 2.74. The molecule has 0 N–H and O–H groups in total. The summed E-state index contributed by atoms with van der Waals surface area (Å²) in [5.41, 5.74) is 0.587. The molecular formula is C13H20BrN3O2. The fourth-order valence-corrected chi connectivity index (χ4v) is 1.91. The summed E-state index contributed by atoms with van der Waals surface area (Å²) in [6.07, 6.45) is 3.25. The number of methoxy groups -OCH3 is 1. The van der Waals surface area contributed by atoms with Crippen molar-refractivity contribution in [1.29, 1.82) is 0 Å². The van der Waals surface area contributed by atoms with Crippen molar-refractivity contribution in [2.75, 3.05) is 47.4 Å². The predicted molar refractivity (Wildman–Crippen MR) is 78.3 cm³/mol. The molecule has 0 aliphatic rings. The van der Waals surface area contributed by atoms with Crippen LogP contribution in [0.15, 0.2) is 22.9 Å². The van der Waals surface area contributed by atoms with E-state index in [4.69, 9.17) is 4.74 Å². The lowest BCUT2D eigenvalue weighted by Crippen LogP contribution is -2.38. The van der Waals surface area contributed by atoms with Crippen molar-refractivity contribution in [2.45, 2.75) is 0 Å². The highest BCUT2D eigenvalue weighted by molar-refractivity contribution is 9.10. The van der Waals surface area contributed by atoms with E-state index >= 15 is 0 Å². The average molecular weight is 330 g/mol. The second-order valence-corrected chi connectivity index (χ2v) is 5.40. The van der Waals surface area contributed by atoms with Gasteiger partial charge in [0.25, 0.3) is 5.91 Å². The molecule has 1 aromatic rings. The largest absolute Gasteiger partial charge is 0.383 e. The number of carbonyl (C=O) groups is 1. The molecule has 1 amide bonds. The van der Waals surface area contributed by atoms with Crippen LogP contribution in [0, 0.1) is 0 Å². The van der Waals surface area contributed by atoms with E-state index in [-0.39, 0.29) is 5.91 Å². The number of aromatic nitrogens is 1. The van der Waals surface area contributed by atoms with Gasteiger partial charge in [0, 0.05) is 43.6 Å². The van der Waals surface area contributed by atoms with Gasteiger partial charge in [0.15, 0.2) is 0 Å². The van der Waals surface area contributed by atoms with E-state index in [2.05, 4.69) is 20.9 Å². The fourth-order valence-electron chi connectivity index (χ4n) is 1.55. The lowest BCUT2D eigenvalue weighted by Gasteiger charge is -2.24. The Bertz CT molecular complexity index is 413. The van der Waals surface area contributed by atoms with Crippen LogP contribution >= 0.6 is 15.9 Å². The highest BCUT2D eigenvalue weighted by Gasteiger charge is 2.16. The minimum Gasteiger partial charge on any atom is -0.383 e. The van der Waals surface area contributed by atoms with Gasteiger partial charge in [0.2, 0.25) is 0 Å². The summed E-state index contributed by atoms with van der Waals surface area (Å²) < 4.78 is 5.86. The molecule has 0 aliphatic carbocycles. The third-order valence-electron chi connectivity index (χ3n) is 2.62. The zero-order valence-electron chi connectivity index (χ0n) is 11.6. The molecule has 0 saturated carbocycles. The van der Waals surface area contributed by atoms with E-state index in [1.165, 1.54) is 0 Å². The zero-order valence-corrected chi connectivity index (χ0v) is 13.2. The molecule has 0 aliphatic heterocycles. The summed E-state index contributed by atoms with van der Waals surface area (Å²) in [6, 6.07) is 1.78. The van der Waals surface area contributed by atoms with Crippen LogP contribution in [-0.2, 0) is 4.74 Å². The lowest BCUT2D eigenvalue weighted by atomic mass is 10.2. The summed E-state index contributed by atoms with van der Waals surface area (Å²) >= 11 is 3.33. The smallest absolute Gasteiger partial charge is 0.255 e. The van der Waals surface area contributed by atoms with E-state index in [9.17, 15) is 4.79 Å². The number of pyridine rings is 1. The molecule has 5 nitrogen and oxygen atoms in total. The number of nitrogens with zero attached hydrogens (tertiary/aromatic N) is 3. The quantitative estimate of drug-likeness (QED) is 0.760. The maximum absolute atomic E-state index is 12.4. The summed E-state index contributed by atoms with van der Waals surface area (Å²) in [7, 11) is 5.61. The first-order valence-corrected chi connectivity index (χ1v) is 6.87. The number of ether oxygens (including phenoxy) is 1. The predicted octanol–water partition coefficient (Wildman–Crippen LogP) is 1.49. The van der Waals surface area contributed by atoms with Crippen LogP contribution in [0.5, 0.6) is 0 Å². The van der Waals surface area contributed by atoms with Gasteiger partial charge in [-0.05, 0) is 36.1 Å². The van der Waals surface area contributed by atoms with Crippen molar-refractivity contribution in [1.82, 2.24) is 14.8 Å². The second-order valence-electron chi connectivity index (χ2n) is 4.48. The third kappa shape index (κ3) is 5.67. The third-order valence-corrected chi connectivity index (χ3v) is 3.06. The number of amides is 1. The standard InChI is InChI=1S/C13H20BrN3O2/c1-16(2)4-5-17(6-7-19-3)13(18)11-8-12(14)10-15-9-11/h8-10H,4-7H2,1-3H3. The van der Waals surface area contributed by atoms with Gasteiger partial charge in [-0.15, -0.1) is 0 Å². The van der Waals surface area contributed by atoms with E-state index in [1.807, 2.05) is 19.0 Å². The van der Waals surface area contributed by atoms with E-state index in [0.29, 0.717) is 25.3 Å². The van der Waals surface area contributed by atoms with Crippen LogP contribution in [0.3, 0.4) is 0 Å². The van der Waals surface area contributed by atoms with Crippen molar-refractivity contribution < 1.29 is 9.53 Å². The topological polar surface area (TPSA) is 45.7 Å². The molecule has 19 heavy (non-hydrogen) atoms. The number of carbonyl (C=O) groups excluding carboxylic acids is 1. The highest BCUT2D eigenvalue weighted by Crippen LogP contribution is 2.11. The Labute approximate surface area is 122 Å². The maximum atomic E-state index is 12.4. The first kappa shape index (κ1) is 16.1. The average Bonchev–Trinajstić information content (AvgIpc) is 2.38. The molecule has 0 spiro atoms. The van der Waals surface area contributed by atoms with Crippen LogP contribution in [0.2, 0.25) is 0 Å². The molecule has 0 unspecified atom stereocenters. The normalized spacial score (nSPS) is 10.8. The molecule has 6 heteroatoms. The fraction of sp³-hybridized carbons (Fsp3) is 0.538.